The molecule has 1 amide bonds. The second-order valence-corrected chi connectivity index (χ2v) is 5.40. The van der Waals surface area contributed by atoms with Crippen molar-refractivity contribution in [2.75, 3.05) is 7.11 Å². The fraction of sp³-hybridized carbons (Fsp3) is 0.300. The van der Waals surface area contributed by atoms with Crippen molar-refractivity contribution < 1.29 is 17.9 Å². The van der Waals surface area contributed by atoms with Crippen LogP contribution >= 0.6 is 0 Å². The number of rotatable bonds is 4. The predicted octanol–water partition coefficient (Wildman–Crippen LogP) is 0.552. The van der Waals surface area contributed by atoms with E-state index in [9.17, 15) is 13.2 Å². The first-order valence-electron chi connectivity index (χ1n) is 4.56. The van der Waals surface area contributed by atoms with Gasteiger partial charge in [0.15, 0.2) is 5.44 Å². The number of hydrogen-bond donors (Lipinski definition) is 1. The maximum Gasteiger partial charge on any atom is 0.250 e. The van der Waals surface area contributed by atoms with Gasteiger partial charge in [0.05, 0.1) is 10.5 Å². The topological polar surface area (TPSA) is 86.5 Å². The van der Waals surface area contributed by atoms with Crippen LogP contribution in [-0.2, 0) is 14.6 Å². The first-order valence-corrected chi connectivity index (χ1v) is 6.11. The predicted molar refractivity (Wildman–Crippen MR) is 58.6 cm³/mol. The van der Waals surface area contributed by atoms with Crippen LogP contribution in [0.25, 0.3) is 0 Å². The van der Waals surface area contributed by atoms with Gasteiger partial charge in [-0.25, -0.2) is 8.42 Å². The van der Waals surface area contributed by atoms with Gasteiger partial charge in [0.1, 0.15) is 0 Å². The summed E-state index contributed by atoms with van der Waals surface area (Å²) < 4.78 is 28.7. The number of carbonyl (C=O) groups is 1. The van der Waals surface area contributed by atoms with Gasteiger partial charge in [0.2, 0.25) is 15.7 Å². The highest BCUT2D eigenvalue weighted by molar-refractivity contribution is 7.92. The van der Waals surface area contributed by atoms with E-state index in [0.717, 1.165) is 0 Å². The minimum atomic E-state index is -3.69. The minimum absolute atomic E-state index is 0.0219. The maximum absolute atomic E-state index is 12.0. The number of carbonyl (C=O) groups excluding carboxylic acids is 1. The molecule has 5 nitrogen and oxygen atoms in total. The average Bonchev–Trinajstić information content (AvgIpc) is 2.27. The van der Waals surface area contributed by atoms with E-state index < -0.39 is 21.2 Å². The van der Waals surface area contributed by atoms with E-state index in [1.54, 1.807) is 6.07 Å². The molecule has 16 heavy (non-hydrogen) atoms. The number of ether oxygens (including phenoxy) is 1. The molecule has 0 bridgehead atoms. The lowest BCUT2D eigenvalue weighted by Crippen LogP contribution is -2.23. The number of nitrogens with two attached hydrogens (primary N) is 1. The Labute approximate surface area is 94.1 Å². The van der Waals surface area contributed by atoms with Gasteiger partial charge in [-0.05, 0) is 19.1 Å². The summed E-state index contributed by atoms with van der Waals surface area (Å²) in [5.41, 5.74) is 4.07. The third-order valence-electron chi connectivity index (χ3n) is 2.23. The highest BCUT2D eigenvalue weighted by atomic mass is 32.2. The Bertz CT molecular complexity index is 495. The molecule has 1 rings (SSSR count). The number of sulfone groups is 1. The van der Waals surface area contributed by atoms with Crippen molar-refractivity contribution in [2.45, 2.75) is 17.3 Å². The Kier molecular flexibility index (Phi) is 3.66. The molecule has 0 saturated carbocycles. The van der Waals surface area contributed by atoms with Crippen LogP contribution in [0.5, 0.6) is 0 Å². The number of hydrogen-bond acceptors (Lipinski definition) is 4. The normalized spacial score (nSPS) is 13.4. The molecule has 0 aromatic heterocycles. The van der Waals surface area contributed by atoms with Crippen LogP contribution in [0.2, 0.25) is 0 Å². The van der Waals surface area contributed by atoms with Crippen molar-refractivity contribution in [3.63, 3.8) is 0 Å². The summed E-state index contributed by atoms with van der Waals surface area (Å²) in [7, 11) is -2.40. The molecular formula is C10H13NO4S. The third-order valence-corrected chi connectivity index (χ3v) is 4.26. The molecule has 0 fully saturated rings. The Morgan fingerprint density at radius 2 is 1.94 bits per heavy atom. The zero-order chi connectivity index (χ0) is 12.3. The molecule has 6 heteroatoms. The van der Waals surface area contributed by atoms with Gasteiger partial charge < -0.3 is 10.5 Å². The van der Waals surface area contributed by atoms with Crippen LogP contribution in [0.4, 0.5) is 0 Å². The van der Waals surface area contributed by atoms with Gasteiger partial charge in [-0.1, -0.05) is 12.1 Å². The fourth-order valence-corrected chi connectivity index (χ4v) is 2.58. The van der Waals surface area contributed by atoms with E-state index >= 15 is 0 Å². The highest BCUT2D eigenvalue weighted by Crippen LogP contribution is 2.20. The molecule has 1 aromatic rings. The highest BCUT2D eigenvalue weighted by Gasteiger charge is 2.26. The molecule has 0 aliphatic carbocycles. The van der Waals surface area contributed by atoms with Crippen LogP contribution in [0, 0.1) is 0 Å². The van der Waals surface area contributed by atoms with Gasteiger partial charge in [-0.3, -0.25) is 4.79 Å². The summed E-state index contributed by atoms with van der Waals surface area (Å²) in [5, 5.41) is 0. The zero-order valence-corrected chi connectivity index (χ0v) is 9.82. The molecule has 0 radical (unpaired) electrons. The van der Waals surface area contributed by atoms with Crippen molar-refractivity contribution in [3.05, 3.63) is 29.8 Å². The Morgan fingerprint density at radius 3 is 2.44 bits per heavy atom. The zero-order valence-electron chi connectivity index (χ0n) is 9.01. The van der Waals surface area contributed by atoms with Crippen LogP contribution in [0.3, 0.4) is 0 Å². The van der Waals surface area contributed by atoms with Crippen molar-refractivity contribution in [1.82, 2.24) is 0 Å². The largest absolute Gasteiger partial charge is 0.366 e. The van der Waals surface area contributed by atoms with Crippen molar-refractivity contribution in [1.29, 1.82) is 0 Å². The molecule has 0 heterocycles. The second kappa shape index (κ2) is 4.63. The van der Waals surface area contributed by atoms with Crippen LogP contribution in [0.1, 0.15) is 17.3 Å². The molecule has 0 aliphatic heterocycles. The molecular weight excluding hydrogens is 230 g/mol. The van der Waals surface area contributed by atoms with Crippen LogP contribution in [-0.4, -0.2) is 26.9 Å². The Hall–Kier alpha value is -1.40. The summed E-state index contributed by atoms with van der Waals surface area (Å²) in [6.07, 6.45) is 0. The summed E-state index contributed by atoms with van der Waals surface area (Å²) in [6.45, 7) is 1.40. The monoisotopic (exact) mass is 243 g/mol. The van der Waals surface area contributed by atoms with Gasteiger partial charge in [0, 0.05) is 7.11 Å². The van der Waals surface area contributed by atoms with E-state index in [1.165, 1.54) is 32.2 Å². The average molecular weight is 243 g/mol. The van der Waals surface area contributed by atoms with Crippen molar-refractivity contribution >= 4 is 15.7 Å². The van der Waals surface area contributed by atoms with Crippen molar-refractivity contribution in [3.8, 4) is 0 Å². The molecule has 1 aromatic carbocycles. The summed E-state index contributed by atoms with van der Waals surface area (Å²) in [4.78, 5) is 11.0. The lowest BCUT2D eigenvalue weighted by molar-refractivity contribution is 0.0997. The van der Waals surface area contributed by atoms with E-state index in [1.807, 2.05) is 0 Å². The van der Waals surface area contributed by atoms with Crippen LogP contribution in [0.15, 0.2) is 29.2 Å². The number of methoxy groups -OCH3 is 1. The maximum atomic E-state index is 12.0. The van der Waals surface area contributed by atoms with E-state index in [-0.39, 0.29) is 10.5 Å². The lowest BCUT2D eigenvalue weighted by atomic mass is 10.2. The number of amides is 1. The third kappa shape index (κ3) is 2.23. The van der Waals surface area contributed by atoms with Gasteiger partial charge in [0.25, 0.3) is 0 Å². The van der Waals surface area contributed by atoms with Gasteiger partial charge >= 0.3 is 0 Å². The summed E-state index contributed by atoms with van der Waals surface area (Å²) in [5.74, 6) is -0.775. The SMILES string of the molecule is COC(C)S(=O)(=O)c1ccccc1C(N)=O. The molecule has 1 atom stereocenters. The standard InChI is InChI=1S/C10H13NO4S/c1-7(15-2)16(13,14)9-6-4-3-5-8(9)10(11)12/h3-7H,1-2H3,(H2,11,12). The first kappa shape index (κ1) is 12.7. The van der Waals surface area contributed by atoms with E-state index in [2.05, 4.69) is 0 Å². The second-order valence-electron chi connectivity index (χ2n) is 3.21. The first-order chi connectivity index (χ1) is 7.41. The van der Waals surface area contributed by atoms with Gasteiger partial charge in [-0.2, -0.15) is 0 Å². The van der Waals surface area contributed by atoms with Gasteiger partial charge in [-0.15, -0.1) is 0 Å². The molecule has 88 valence electrons. The minimum Gasteiger partial charge on any atom is -0.366 e. The Morgan fingerprint density at radius 1 is 1.38 bits per heavy atom. The van der Waals surface area contributed by atoms with Crippen molar-refractivity contribution in [2.24, 2.45) is 5.73 Å². The molecule has 0 saturated heterocycles. The quantitative estimate of drug-likeness (QED) is 0.836. The van der Waals surface area contributed by atoms with Crippen LogP contribution < -0.4 is 5.73 Å². The van der Waals surface area contributed by atoms with E-state index in [4.69, 9.17) is 10.5 Å². The molecule has 0 aliphatic rings. The van der Waals surface area contributed by atoms with E-state index in [0.29, 0.717) is 0 Å². The molecule has 1 unspecified atom stereocenters. The fourth-order valence-electron chi connectivity index (χ4n) is 1.22. The number of primary amides is 1. The summed E-state index contributed by atoms with van der Waals surface area (Å²) in [6, 6.07) is 5.79. The Balaban J connectivity index is 3.39. The molecule has 2 N–H and O–H groups in total. The lowest BCUT2D eigenvalue weighted by Gasteiger charge is -2.13. The summed E-state index contributed by atoms with van der Waals surface area (Å²) >= 11 is 0. The molecule has 0 spiro atoms. The number of benzene rings is 1. The smallest absolute Gasteiger partial charge is 0.250 e.